The lowest BCUT2D eigenvalue weighted by Crippen LogP contribution is -2.33. The first kappa shape index (κ1) is 25.6. The Hall–Kier alpha value is -3.68. The van der Waals surface area contributed by atoms with E-state index in [1.165, 1.54) is 12.1 Å². The van der Waals surface area contributed by atoms with Crippen LogP contribution in [0.5, 0.6) is 0 Å². The number of nitrogens with two attached hydrogens (primary N) is 1. The molecule has 6 rings (SSSR count). The van der Waals surface area contributed by atoms with Crippen LogP contribution in [-0.2, 0) is 28.6 Å². The maximum absolute atomic E-state index is 15.1. The van der Waals surface area contributed by atoms with Gasteiger partial charge in [-0.15, -0.1) is 0 Å². The van der Waals surface area contributed by atoms with Crippen LogP contribution in [0.25, 0.3) is 16.1 Å². The van der Waals surface area contributed by atoms with Gasteiger partial charge in [-0.2, -0.15) is 18.3 Å². The number of nitrogens with zero attached hydrogens (tertiary/aromatic N) is 4. The number of ketones is 1. The van der Waals surface area contributed by atoms with Gasteiger partial charge in [0.2, 0.25) is 0 Å². The van der Waals surface area contributed by atoms with Gasteiger partial charge in [-0.25, -0.2) is 9.24 Å². The predicted molar refractivity (Wildman–Crippen MR) is 133 cm³/mol. The number of benzene rings is 1. The molecule has 3 saturated carbocycles. The van der Waals surface area contributed by atoms with Crippen LogP contribution in [0, 0.1) is 17.8 Å². The van der Waals surface area contributed by atoms with Crippen LogP contribution in [0.2, 0.25) is 0 Å². The summed E-state index contributed by atoms with van der Waals surface area (Å²) >= 11 is 0. The van der Waals surface area contributed by atoms with Crippen molar-refractivity contribution in [2.75, 3.05) is 5.73 Å². The van der Waals surface area contributed by atoms with Crippen molar-refractivity contribution in [3.05, 3.63) is 58.5 Å². The normalized spacial score (nSPS) is 25.1. The number of carbonyl (C=O) groups is 1. The molecular weight excluding hydrogens is 514 g/mol. The summed E-state index contributed by atoms with van der Waals surface area (Å²) in [5.41, 5.74) is 4.91. The Morgan fingerprint density at radius 3 is 2.46 bits per heavy atom. The fraction of sp³-hybridized carbons (Fsp3) is 0.500. The number of nitrogen functional groups attached to an aromatic ring is 1. The molecule has 2 aromatic heterocycles. The SMILES string of the molecule is [C-]#[N+]c1c(-c2ccc(CC(=O)Cc3cc(C45CCC(C(F)(F)F)(CC4)C5)no3)cc2F)nn(C2(C)CC2)c1N. The number of halogens is 4. The highest BCUT2D eigenvalue weighted by molar-refractivity contribution is 5.85. The van der Waals surface area contributed by atoms with E-state index in [0.29, 0.717) is 24.1 Å². The van der Waals surface area contributed by atoms with Gasteiger partial charge in [-0.05, 0) is 63.5 Å². The second-order valence-electron chi connectivity index (χ2n) is 11.7. The highest BCUT2D eigenvalue weighted by atomic mass is 19.4. The summed E-state index contributed by atoms with van der Waals surface area (Å²) in [6.45, 7) is 9.48. The fourth-order valence-electron chi connectivity index (χ4n) is 6.45. The van der Waals surface area contributed by atoms with Crippen molar-refractivity contribution in [2.45, 2.75) is 81.8 Å². The Labute approximate surface area is 222 Å². The second kappa shape index (κ2) is 8.41. The van der Waals surface area contributed by atoms with E-state index in [-0.39, 0.29) is 71.9 Å². The average molecular weight is 542 g/mol. The molecule has 3 fully saturated rings. The number of rotatable bonds is 7. The summed E-state index contributed by atoms with van der Waals surface area (Å²) in [6, 6.07) is 5.95. The molecule has 0 unspecified atom stereocenters. The van der Waals surface area contributed by atoms with E-state index in [0.717, 1.165) is 12.8 Å². The van der Waals surface area contributed by atoms with Gasteiger partial charge in [-0.3, -0.25) is 9.48 Å². The summed E-state index contributed by atoms with van der Waals surface area (Å²) in [5.74, 6) is -0.368. The Kier molecular flexibility index (Phi) is 5.52. The minimum absolute atomic E-state index is 0.00733. The van der Waals surface area contributed by atoms with E-state index in [1.54, 1.807) is 16.8 Å². The number of hydrogen-bond acceptors (Lipinski definition) is 5. The molecule has 2 N–H and O–H groups in total. The standard InChI is InChI=1S/C28H27F4N5O2/c1-25(5-6-25)37-24(33)23(34-2)22(35-37)19-4-3-16(12-20(19)29)11-17(38)13-18-14-21(36-39-18)26-7-9-27(15-26,10-8-26)28(30,31)32/h3-4,12,14H,5-11,13,15,33H2,1H3. The molecule has 2 bridgehead atoms. The van der Waals surface area contributed by atoms with Crippen molar-refractivity contribution in [1.29, 1.82) is 0 Å². The molecule has 2 heterocycles. The quantitative estimate of drug-likeness (QED) is 0.275. The van der Waals surface area contributed by atoms with Gasteiger partial charge in [0.05, 0.1) is 29.6 Å². The van der Waals surface area contributed by atoms with E-state index >= 15 is 4.39 Å². The van der Waals surface area contributed by atoms with Gasteiger partial charge in [0, 0.05) is 23.5 Å². The maximum atomic E-state index is 15.1. The monoisotopic (exact) mass is 541 g/mol. The number of carbonyl (C=O) groups excluding carboxylic acids is 1. The third kappa shape index (κ3) is 4.03. The van der Waals surface area contributed by atoms with Crippen LogP contribution in [-0.4, -0.2) is 26.9 Å². The lowest BCUT2D eigenvalue weighted by Gasteiger charge is -2.29. The highest BCUT2D eigenvalue weighted by Gasteiger charge is 2.67. The number of alkyl halides is 3. The Bertz CT molecular complexity index is 1520. The Morgan fingerprint density at radius 2 is 1.87 bits per heavy atom. The first-order valence-corrected chi connectivity index (χ1v) is 13.0. The molecular formula is C28H27F4N5O2. The van der Waals surface area contributed by atoms with Crippen LogP contribution in [0.1, 0.15) is 68.9 Å². The van der Waals surface area contributed by atoms with Crippen LogP contribution < -0.4 is 5.73 Å². The summed E-state index contributed by atoms with van der Waals surface area (Å²) in [6.07, 6.45) is -1.68. The maximum Gasteiger partial charge on any atom is 0.394 e. The first-order valence-electron chi connectivity index (χ1n) is 13.0. The van der Waals surface area contributed by atoms with Crippen molar-refractivity contribution >= 4 is 17.3 Å². The molecule has 3 aromatic rings. The Morgan fingerprint density at radius 1 is 1.15 bits per heavy atom. The van der Waals surface area contributed by atoms with Gasteiger partial charge in [0.15, 0.2) is 0 Å². The van der Waals surface area contributed by atoms with Crippen molar-refractivity contribution in [1.82, 2.24) is 14.9 Å². The molecule has 0 amide bonds. The average Bonchev–Trinajstić information content (AvgIpc) is 3.29. The molecule has 7 nitrogen and oxygen atoms in total. The summed E-state index contributed by atoms with van der Waals surface area (Å²) < 4.78 is 63.0. The summed E-state index contributed by atoms with van der Waals surface area (Å²) in [4.78, 5) is 16.2. The molecule has 1 aromatic carbocycles. The van der Waals surface area contributed by atoms with Crippen molar-refractivity contribution in [3.63, 3.8) is 0 Å². The summed E-state index contributed by atoms with van der Waals surface area (Å²) in [7, 11) is 0. The number of Topliss-reactive ketones (excluding diaryl/α,β-unsaturated/α-hetero) is 1. The molecule has 0 saturated heterocycles. The van der Waals surface area contributed by atoms with Gasteiger partial charge in [0.1, 0.15) is 28.9 Å². The van der Waals surface area contributed by atoms with Crippen molar-refractivity contribution in [3.8, 4) is 11.3 Å². The van der Waals surface area contributed by atoms with Gasteiger partial charge in [-0.1, -0.05) is 17.3 Å². The second-order valence-corrected chi connectivity index (χ2v) is 11.7. The largest absolute Gasteiger partial charge is 0.394 e. The van der Waals surface area contributed by atoms with Crippen LogP contribution in [0.15, 0.2) is 28.8 Å². The van der Waals surface area contributed by atoms with E-state index in [1.807, 2.05) is 6.92 Å². The fourth-order valence-corrected chi connectivity index (χ4v) is 6.45. The van der Waals surface area contributed by atoms with Crippen molar-refractivity contribution in [2.24, 2.45) is 5.41 Å². The van der Waals surface area contributed by atoms with Crippen LogP contribution in [0.4, 0.5) is 29.1 Å². The lowest BCUT2D eigenvalue weighted by molar-refractivity contribution is -0.220. The Balaban J connectivity index is 1.15. The number of hydrogen-bond donors (Lipinski definition) is 1. The zero-order valence-corrected chi connectivity index (χ0v) is 21.4. The third-order valence-electron chi connectivity index (χ3n) is 9.10. The first-order chi connectivity index (χ1) is 18.4. The molecule has 204 valence electrons. The third-order valence-corrected chi connectivity index (χ3v) is 9.10. The zero-order valence-electron chi connectivity index (χ0n) is 21.4. The van der Waals surface area contributed by atoms with E-state index in [2.05, 4.69) is 15.1 Å². The van der Waals surface area contributed by atoms with E-state index in [4.69, 9.17) is 16.8 Å². The summed E-state index contributed by atoms with van der Waals surface area (Å²) in [5, 5.41) is 8.50. The van der Waals surface area contributed by atoms with E-state index in [9.17, 15) is 18.0 Å². The molecule has 0 aliphatic heterocycles. The number of anilines is 1. The molecule has 0 radical (unpaired) electrons. The van der Waals surface area contributed by atoms with Gasteiger partial charge >= 0.3 is 6.18 Å². The molecule has 39 heavy (non-hydrogen) atoms. The predicted octanol–water partition coefficient (Wildman–Crippen LogP) is 6.44. The molecule has 3 aliphatic carbocycles. The van der Waals surface area contributed by atoms with E-state index < -0.39 is 22.8 Å². The molecule has 11 heteroatoms. The molecule has 0 spiro atoms. The zero-order chi connectivity index (χ0) is 27.8. The van der Waals surface area contributed by atoms with Crippen LogP contribution in [0.3, 0.4) is 0 Å². The lowest BCUT2D eigenvalue weighted by atomic mass is 9.80. The topological polar surface area (TPSA) is 91.3 Å². The van der Waals surface area contributed by atoms with Crippen molar-refractivity contribution < 1.29 is 26.9 Å². The minimum Gasteiger partial charge on any atom is -0.393 e. The van der Waals surface area contributed by atoms with Gasteiger partial charge in [0.25, 0.3) is 5.69 Å². The molecule has 0 atom stereocenters. The highest BCUT2D eigenvalue weighted by Crippen LogP contribution is 2.67. The molecule has 3 aliphatic rings. The number of fused-ring (bicyclic) bond motifs is 2. The van der Waals surface area contributed by atoms with Crippen LogP contribution >= 0.6 is 0 Å². The number of aromatic nitrogens is 3. The minimum atomic E-state index is -4.24. The smallest absolute Gasteiger partial charge is 0.393 e. The van der Waals surface area contributed by atoms with Gasteiger partial charge < -0.3 is 10.3 Å².